The van der Waals surface area contributed by atoms with Gasteiger partial charge in [-0.15, -0.1) is 13.2 Å². The van der Waals surface area contributed by atoms with Crippen molar-refractivity contribution in [2.75, 3.05) is 0 Å². The van der Waals surface area contributed by atoms with Crippen LogP contribution >= 0.6 is 19.4 Å². The molecule has 0 aliphatic carbocycles. The van der Waals surface area contributed by atoms with Crippen LogP contribution < -0.4 is 71.2 Å². The Balaban J connectivity index is 0.00000408. The molecule has 0 saturated carbocycles. The van der Waals surface area contributed by atoms with Crippen molar-refractivity contribution in [1.29, 1.82) is 0 Å². The van der Waals surface area contributed by atoms with E-state index < -0.39 is 32.0 Å². The molecule has 1 atom stereocenters. The quantitative estimate of drug-likeness (QED) is 0.343. The van der Waals surface area contributed by atoms with Crippen molar-refractivity contribution in [1.82, 2.24) is 4.98 Å². The SMILES string of the molecule is Cc1[nH]c(COP(=O)([O-])O)c(-c2ccc(Oc3ccc(OC(F)(F)F)cc3)cc2)c(=O)c1Cl.[K+]. The Morgan fingerprint density at radius 1 is 1.06 bits per heavy atom. The molecule has 0 bridgehead atoms. The Morgan fingerprint density at radius 3 is 2.06 bits per heavy atom. The van der Waals surface area contributed by atoms with Crippen LogP contribution in [0.3, 0.4) is 0 Å². The van der Waals surface area contributed by atoms with Gasteiger partial charge in [-0.05, 0) is 48.9 Å². The maximum Gasteiger partial charge on any atom is 1.00 e. The third-order valence-electron chi connectivity index (χ3n) is 4.20. The molecular weight excluding hydrogens is 529 g/mol. The van der Waals surface area contributed by atoms with Crippen LogP contribution in [0.25, 0.3) is 11.1 Å². The van der Waals surface area contributed by atoms with Gasteiger partial charge in [0.1, 0.15) is 22.3 Å². The summed E-state index contributed by atoms with van der Waals surface area (Å²) in [7, 11) is -5.04. The summed E-state index contributed by atoms with van der Waals surface area (Å²) < 4.78 is 61.4. The second-order valence-electron chi connectivity index (χ2n) is 6.63. The summed E-state index contributed by atoms with van der Waals surface area (Å²) in [5.74, 6) is 0.132. The van der Waals surface area contributed by atoms with Crippen molar-refractivity contribution in [3.05, 3.63) is 75.2 Å². The normalized spacial score (nSPS) is 13.0. The van der Waals surface area contributed by atoms with E-state index in [0.29, 0.717) is 11.3 Å². The fourth-order valence-corrected chi connectivity index (χ4v) is 3.29. The average Bonchev–Trinajstić information content (AvgIpc) is 2.71. The number of ether oxygens (including phenoxy) is 2. The van der Waals surface area contributed by atoms with E-state index in [4.69, 9.17) is 21.2 Å². The van der Waals surface area contributed by atoms with E-state index in [0.717, 1.165) is 12.1 Å². The number of aryl methyl sites for hydroxylation is 1. The van der Waals surface area contributed by atoms with Crippen LogP contribution in [0.15, 0.2) is 53.3 Å². The average molecular weight is 544 g/mol. The van der Waals surface area contributed by atoms with E-state index in [-0.39, 0.29) is 79.1 Å². The smallest absolute Gasteiger partial charge is 0.756 e. The first-order chi connectivity index (χ1) is 15.3. The molecule has 0 aliphatic heterocycles. The number of nitrogens with one attached hydrogen (secondary N) is 1. The molecule has 0 aliphatic rings. The summed E-state index contributed by atoms with van der Waals surface area (Å²) in [6.07, 6.45) is -4.80. The number of aromatic amines is 1. The third kappa shape index (κ3) is 8.20. The largest absolute Gasteiger partial charge is 1.00 e. The fourth-order valence-electron chi connectivity index (χ4n) is 2.86. The molecule has 3 rings (SSSR count). The van der Waals surface area contributed by atoms with Crippen LogP contribution in [0, 0.1) is 6.92 Å². The van der Waals surface area contributed by atoms with Crippen LogP contribution in [0.5, 0.6) is 17.2 Å². The summed E-state index contributed by atoms with van der Waals surface area (Å²) >= 11 is 6.03. The van der Waals surface area contributed by atoms with Crippen molar-refractivity contribution in [2.45, 2.75) is 19.9 Å². The van der Waals surface area contributed by atoms with Gasteiger partial charge in [-0.3, -0.25) is 9.36 Å². The molecule has 2 aromatic carbocycles. The van der Waals surface area contributed by atoms with Gasteiger partial charge in [-0.1, -0.05) is 23.7 Å². The molecule has 0 saturated heterocycles. The number of hydrogen-bond donors (Lipinski definition) is 2. The van der Waals surface area contributed by atoms with Crippen LogP contribution in [0.1, 0.15) is 11.4 Å². The zero-order chi connectivity index (χ0) is 24.4. The zero-order valence-electron chi connectivity index (χ0n) is 17.7. The molecule has 14 heteroatoms. The number of H-pyrrole nitrogens is 1. The summed E-state index contributed by atoms with van der Waals surface area (Å²) in [5.41, 5.74) is 0.136. The minimum Gasteiger partial charge on any atom is -0.756 e. The first kappa shape index (κ1) is 29.0. The van der Waals surface area contributed by atoms with Gasteiger partial charge in [-0.25, -0.2) is 0 Å². The van der Waals surface area contributed by atoms with Gasteiger partial charge >= 0.3 is 57.7 Å². The predicted octanol–water partition coefficient (Wildman–Crippen LogP) is 1.68. The molecule has 2 N–H and O–H groups in total. The van der Waals surface area contributed by atoms with E-state index in [2.05, 4.69) is 14.2 Å². The standard InChI is InChI=1S/C20H16ClF3NO7P.K/c1-11-18(21)19(26)17(16(25-11)10-30-33(27,28)29)12-2-4-13(5-3-12)31-14-6-8-15(9-7-14)32-20(22,23)24;/h2-9H,10H2,1H3,(H,25,26)(H2,27,28,29);/q;+1/p-1. The molecule has 0 amide bonds. The Kier molecular flexibility index (Phi) is 10.00. The molecule has 0 radical (unpaired) electrons. The molecule has 1 heterocycles. The second-order valence-corrected chi connectivity index (χ2v) is 8.21. The zero-order valence-corrected chi connectivity index (χ0v) is 22.5. The van der Waals surface area contributed by atoms with E-state index >= 15 is 0 Å². The number of benzene rings is 2. The maximum absolute atomic E-state index is 12.7. The van der Waals surface area contributed by atoms with E-state index in [1.54, 1.807) is 0 Å². The summed E-state index contributed by atoms with van der Waals surface area (Å²) in [6.45, 7) is 0.874. The van der Waals surface area contributed by atoms with Gasteiger partial charge in [0.25, 0.3) is 7.82 Å². The summed E-state index contributed by atoms with van der Waals surface area (Å²) in [6, 6.07) is 10.7. The van der Waals surface area contributed by atoms with Crippen LogP contribution in [0.2, 0.25) is 5.02 Å². The van der Waals surface area contributed by atoms with Crippen molar-refractivity contribution >= 4 is 19.4 Å². The Labute approximate surface area is 238 Å². The number of aromatic nitrogens is 1. The number of phosphoric acid groups is 1. The molecule has 0 spiro atoms. The van der Waals surface area contributed by atoms with E-state index in [1.807, 2.05) is 0 Å². The molecule has 0 fully saturated rings. The van der Waals surface area contributed by atoms with Gasteiger partial charge in [0.15, 0.2) is 0 Å². The fraction of sp³-hybridized carbons (Fsp3) is 0.150. The molecule has 1 aromatic heterocycles. The van der Waals surface area contributed by atoms with Crippen LogP contribution in [-0.2, 0) is 15.7 Å². The summed E-state index contributed by atoms with van der Waals surface area (Å²) in [4.78, 5) is 35.3. The van der Waals surface area contributed by atoms with Gasteiger partial charge in [-0.2, -0.15) is 0 Å². The first-order valence-corrected chi connectivity index (χ1v) is 10.9. The number of phosphoric ester groups is 1. The van der Waals surface area contributed by atoms with Gasteiger partial charge in [0.2, 0.25) is 5.43 Å². The van der Waals surface area contributed by atoms with Crippen molar-refractivity contribution < 1.29 is 92.9 Å². The molecule has 1 unspecified atom stereocenters. The van der Waals surface area contributed by atoms with Crippen LogP contribution in [0.4, 0.5) is 13.2 Å². The van der Waals surface area contributed by atoms with Crippen molar-refractivity contribution in [3.8, 4) is 28.4 Å². The number of alkyl halides is 3. The molecule has 8 nitrogen and oxygen atoms in total. The molecule has 3 aromatic rings. The first-order valence-electron chi connectivity index (χ1n) is 9.06. The minimum atomic E-state index is -5.04. The Morgan fingerprint density at radius 2 is 1.56 bits per heavy atom. The molecular formula is C20H15ClF3KNO7P. The number of hydrogen-bond acceptors (Lipinski definition) is 6. The van der Waals surface area contributed by atoms with E-state index in [9.17, 15) is 27.4 Å². The Bertz CT molecular complexity index is 1250. The minimum absolute atomic E-state index is 0. The number of halogens is 4. The van der Waals surface area contributed by atoms with Gasteiger partial charge in [0.05, 0.1) is 17.9 Å². The molecule has 176 valence electrons. The molecule has 34 heavy (non-hydrogen) atoms. The predicted molar refractivity (Wildman–Crippen MR) is 110 cm³/mol. The summed E-state index contributed by atoms with van der Waals surface area (Å²) in [5, 5.41) is -0.107. The number of pyridine rings is 1. The number of rotatable bonds is 7. The third-order valence-corrected chi connectivity index (χ3v) is 5.11. The monoisotopic (exact) mass is 543 g/mol. The van der Waals surface area contributed by atoms with Crippen molar-refractivity contribution in [3.63, 3.8) is 0 Å². The van der Waals surface area contributed by atoms with Crippen LogP contribution in [-0.4, -0.2) is 16.2 Å². The van der Waals surface area contributed by atoms with Gasteiger partial charge in [0, 0.05) is 5.69 Å². The van der Waals surface area contributed by atoms with E-state index in [1.165, 1.54) is 43.3 Å². The van der Waals surface area contributed by atoms with Crippen molar-refractivity contribution in [2.24, 2.45) is 0 Å². The van der Waals surface area contributed by atoms with Gasteiger partial charge < -0.3 is 28.8 Å². The Hall–Kier alpha value is -1.18. The maximum atomic E-state index is 12.7. The topological polar surface area (TPSA) is 121 Å². The second kappa shape index (κ2) is 11.7.